The predicted molar refractivity (Wildman–Crippen MR) is 95.1 cm³/mol. The summed E-state index contributed by atoms with van der Waals surface area (Å²) in [6, 6.07) is 0. The van der Waals surface area contributed by atoms with E-state index in [4.69, 9.17) is 4.74 Å². The molecular weight excluding hydrogens is 362 g/mol. The van der Waals surface area contributed by atoms with Crippen molar-refractivity contribution in [2.45, 2.75) is 37.3 Å². The van der Waals surface area contributed by atoms with Gasteiger partial charge in [-0.05, 0) is 41.7 Å². The van der Waals surface area contributed by atoms with E-state index in [1.807, 2.05) is 0 Å². The zero-order valence-corrected chi connectivity index (χ0v) is 15.7. The van der Waals surface area contributed by atoms with Gasteiger partial charge in [0.2, 0.25) is 11.1 Å². The van der Waals surface area contributed by atoms with Crippen LogP contribution in [0.2, 0.25) is 0 Å². The van der Waals surface area contributed by atoms with Gasteiger partial charge < -0.3 is 10.1 Å². The molecule has 134 valence electrons. The van der Waals surface area contributed by atoms with E-state index in [0.717, 1.165) is 37.7 Å². The number of tetrazole rings is 1. The topological polar surface area (TPSA) is 99.0 Å². The molecule has 2 aromatic heterocycles. The quantitative estimate of drug-likeness (QED) is 0.481. The molecule has 1 aliphatic rings. The third kappa shape index (κ3) is 4.01. The van der Waals surface area contributed by atoms with E-state index in [0.29, 0.717) is 15.7 Å². The number of rotatable bonds is 5. The second-order valence-electron chi connectivity index (χ2n) is 5.68. The predicted octanol–water partition coefficient (Wildman–Crippen LogP) is 2.06. The summed E-state index contributed by atoms with van der Waals surface area (Å²) in [5.74, 6) is -0.424. The number of nitrogens with zero attached hydrogens (tertiary/aromatic N) is 4. The first-order valence-electron chi connectivity index (χ1n) is 7.98. The van der Waals surface area contributed by atoms with E-state index in [1.165, 1.54) is 39.8 Å². The van der Waals surface area contributed by atoms with Gasteiger partial charge in [0.15, 0.2) is 0 Å². The fourth-order valence-electron chi connectivity index (χ4n) is 2.79. The molecule has 0 spiro atoms. The molecular formula is C15H19N5O3S2. The van der Waals surface area contributed by atoms with Gasteiger partial charge in [-0.15, -0.1) is 16.4 Å². The fraction of sp³-hybridized carbons (Fsp3) is 0.533. The standard InChI is InChI=1S/C15H19N5O3S2/c1-20-15(17-18-19-20)24-8-11(21)16-13-12(14(22)23-2)9-6-4-3-5-7-10(9)25-13/h3-8H2,1-2H3,(H,16,21). The van der Waals surface area contributed by atoms with Crippen LogP contribution >= 0.6 is 23.1 Å². The summed E-state index contributed by atoms with van der Waals surface area (Å²) < 4.78 is 6.44. The molecule has 1 aliphatic carbocycles. The molecule has 0 atom stereocenters. The zero-order valence-electron chi connectivity index (χ0n) is 14.1. The Morgan fingerprint density at radius 2 is 2.12 bits per heavy atom. The highest BCUT2D eigenvalue weighted by molar-refractivity contribution is 7.99. The molecule has 2 heterocycles. The number of carbonyl (C=O) groups excluding carboxylic acids is 2. The second kappa shape index (κ2) is 7.96. The van der Waals surface area contributed by atoms with Crippen molar-refractivity contribution in [3.8, 4) is 0 Å². The Kier molecular flexibility index (Phi) is 5.69. The highest BCUT2D eigenvalue weighted by atomic mass is 32.2. The van der Waals surface area contributed by atoms with Gasteiger partial charge >= 0.3 is 5.97 Å². The lowest BCUT2D eigenvalue weighted by atomic mass is 10.1. The van der Waals surface area contributed by atoms with Gasteiger partial charge in [-0.2, -0.15) is 0 Å². The third-order valence-electron chi connectivity index (χ3n) is 3.98. The lowest BCUT2D eigenvalue weighted by Gasteiger charge is -2.07. The van der Waals surface area contributed by atoms with Gasteiger partial charge in [-0.25, -0.2) is 9.48 Å². The molecule has 2 aromatic rings. The summed E-state index contributed by atoms with van der Waals surface area (Å²) in [5.41, 5.74) is 1.55. The van der Waals surface area contributed by atoms with Gasteiger partial charge in [0.25, 0.3) is 0 Å². The van der Waals surface area contributed by atoms with E-state index in [9.17, 15) is 9.59 Å². The van der Waals surface area contributed by atoms with Crippen molar-refractivity contribution < 1.29 is 14.3 Å². The van der Waals surface area contributed by atoms with Gasteiger partial charge in [0, 0.05) is 11.9 Å². The molecule has 0 bridgehead atoms. The first kappa shape index (κ1) is 17.9. The number of thiophene rings is 1. The Morgan fingerprint density at radius 1 is 1.32 bits per heavy atom. The highest BCUT2D eigenvalue weighted by Crippen LogP contribution is 2.38. The van der Waals surface area contributed by atoms with Crippen molar-refractivity contribution in [2.24, 2.45) is 7.05 Å². The Balaban J connectivity index is 1.75. The molecule has 0 saturated heterocycles. The monoisotopic (exact) mass is 381 g/mol. The van der Waals surface area contributed by atoms with Crippen LogP contribution in [0.4, 0.5) is 5.00 Å². The van der Waals surface area contributed by atoms with Crippen LogP contribution in [0.25, 0.3) is 0 Å². The lowest BCUT2D eigenvalue weighted by molar-refractivity contribution is -0.113. The molecule has 0 unspecified atom stereocenters. The lowest BCUT2D eigenvalue weighted by Crippen LogP contribution is -2.16. The van der Waals surface area contributed by atoms with Crippen molar-refractivity contribution in [3.63, 3.8) is 0 Å². The number of carbonyl (C=O) groups is 2. The maximum absolute atomic E-state index is 12.3. The Labute approximate surface area is 153 Å². The fourth-order valence-corrected chi connectivity index (χ4v) is 4.73. The van der Waals surface area contributed by atoms with Crippen molar-refractivity contribution in [1.29, 1.82) is 0 Å². The number of aromatic nitrogens is 4. The summed E-state index contributed by atoms with van der Waals surface area (Å²) in [4.78, 5) is 25.7. The van der Waals surface area contributed by atoms with E-state index in [2.05, 4.69) is 20.8 Å². The molecule has 0 radical (unpaired) electrons. The van der Waals surface area contributed by atoms with Crippen LogP contribution in [0.3, 0.4) is 0 Å². The molecule has 25 heavy (non-hydrogen) atoms. The van der Waals surface area contributed by atoms with Crippen LogP contribution in [0.15, 0.2) is 5.16 Å². The second-order valence-corrected chi connectivity index (χ2v) is 7.73. The van der Waals surface area contributed by atoms with Crippen LogP contribution in [-0.4, -0.2) is 44.9 Å². The molecule has 3 rings (SSSR count). The Morgan fingerprint density at radius 3 is 2.84 bits per heavy atom. The third-order valence-corrected chi connectivity index (χ3v) is 6.20. The molecule has 8 nitrogen and oxygen atoms in total. The average molecular weight is 381 g/mol. The molecule has 0 aliphatic heterocycles. The normalized spacial score (nSPS) is 13.8. The SMILES string of the molecule is COC(=O)c1c(NC(=O)CSc2nnnn2C)sc2c1CCCCC2. The van der Waals surface area contributed by atoms with E-state index >= 15 is 0 Å². The van der Waals surface area contributed by atoms with Crippen molar-refractivity contribution >= 4 is 40.0 Å². The summed E-state index contributed by atoms with van der Waals surface area (Å²) in [7, 11) is 3.08. The Hall–Kier alpha value is -1.94. The number of aryl methyl sites for hydroxylation is 2. The van der Waals surface area contributed by atoms with Gasteiger partial charge in [-0.1, -0.05) is 18.2 Å². The number of anilines is 1. The highest BCUT2D eigenvalue weighted by Gasteiger charge is 2.26. The van der Waals surface area contributed by atoms with Crippen molar-refractivity contribution in [3.05, 3.63) is 16.0 Å². The number of esters is 1. The summed E-state index contributed by atoms with van der Waals surface area (Å²) in [6.07, 6.45) is 5.11. The Bertz CT molecular complexity index is 786. The number of fused-ring (bicyclic) bond motifs is 1. The maximum Gasteiger partial charge on any atom is 0.341 e. The molecule has 1 amide bonds. The minimum absolute atomic E-state index is 0.164. The maximum atomic E-state index is 12.3. The number of hydrogen-bond donors (Lipinski definition) is 1. The van der Waals surface area contributed by atoms with Gasteiger partial charge in [-0.3, -0.25) is 4.79 Å². The molecule has 10 heteroatoms. The van der Waals surface area contributed by atoms with E-state index < -0.39 is 0 Å². The number of nitrogens with one attached hydrogen (secondary N) is 1. The molecule has 1 N–H and O–H groups in total. The first-order valence-corrected chi connectivity index (χ1v) is 9.78. The number of amides is 1. The largest absolute Gasteiger partial charge is 0.465 e. The van der Waals surface area contributed by atoms with Crippen LogP contribution in [0.5, 0.6) is 0 Å². The number of hydrogen-bond acceptors (Lipinski definition) is 8. The summed E-state index contributed by atoms with van der Waals surface area (Å²) in [6.45, 7) is 0. The van der Waals surface area contributed by atoms with Crippen LogP contribution in [0.1, 0.15) is 40.1 Å². The van der Waals surface area contributed by atoms with Crippen LogP contribution in [-0.2, 0) is 29.4 Å². The minimum atomic E-state index is -0.389. The molecule has 0 fully saturated rings. The number of ether oxygens (including phenoxy) is 1. The van der Waals surface area contributed by atoms with E-state index in [1.54, 1.807) is 7.05 Å². The van der Waals surface area contributed by atoms with E-state index in [-0.39, 0.29) is 17.6 Å². The van der Waals surface area contributed by atoms with Gasteiger partial charge in [0.1, 0.15) is 5.00 Å². The minimum Gasteiger partial charge on any atom is -0.465 e. The summed E-state index contributed by atoms with van der Waals surface area (Å²) in [5, 5.41) is 15.1. The van der Waals surface area contributed by atoms with Gasteiger partial charge in [0.05, 0.1) is 18.4 Å². The number of methoxy groups -OCH3 is 1. The average Bonchev–Trinajstić information content (AvgIpc) is 3.07. The number of thioether (sulfide) groups is 1. The molecule has 0 aromatic carbocycles. The van der Waals surface area contributed by atoms with Crippen molar-refractivity contribution in [1.82, 2.24) is 20.2 Å². The summed E-state index contributed by atoms with van der Waals surface area (Å²) >= 11 is 2.73. The van der Waals surface area contributed by atoms with Crippen LogP contribution in [0, 0.1) is 0 Å². The smallest absolute Gasteiger partial charge is 0.341 e. The zero-order chi connectivity index (χ0) is 17.8. The van der Waals surface area contributed by atoms with Crippen molar-refractivity contribution in [2.75, 3.05) is 18.2 Å². The van der Waals surface area contributed by atoms with Crippen LogP contribution < -0.4 is 5.32 Å². The first-order chi connectivity index (χ1) is 12.1. The molecule has 0 saturated carbocycles.